The van der Waals surface area contributed by atoms with E-state index in [1.165, 1.54) is 12.1 Å². The van der Waals surface area contributed by atoms with Crippen LogP contribution in [0.3, 0.4) is 0 Å². The van der Waals surface area contributed by atoms with Crippen molar-refractivity contribution in [3.05, 3.63) is 29.8 Å². The smallest absolute Gasteiger partial charge is 0.406 e. The zero-order valence-electron chi connectivity index (χ0n) is 17.5. The van der Waals surface area contributed by atoms with E-state index in [-0.39, 0.29) is 17.1 Å². The molecule has 0 aromatic heterocycles. The predicted octanol–water partition coefficient (Wildman–Crippen LogP) is 3.35. The number of carbonyl (C=O) groups is 1. The van der Waals surface area contributed by atoms with Crippen molar-refractivity contribution in [2.24, 2.45) is 11.3 Å². The summed E-state index contributed by atoms with van der Waals surface area (Å²) in [5, 5.41) is 0. The van der Waals surface area contributed by atoms with Gasteiger partial charge in [0.25, 0.3) is 0 Å². The number of hydrogen-bond donors (Lipinski definition) is 0. The minimum absolute atomic E-state index is 0.177. The summed E-state index contributed by atoms with van der Waals surface area (Å²) in [6, 6.07) is 6.10. The molecule has 166 valence electrons. The van der Waals surface area contributed by atoms with Crippen molar-refractivity contribution < 1.29 is 22.7 Å². The standard InChI is InChI=1S/C22H30F3N3O2/c1-26-9-2-10-28(14-13-26)20(29)19-15-21(19)7-11-27(12-8-21)16-17-3-5-18(6-4-17)30-22(23,24)25/h3-6,19H,2,7-16H2,1H3. The molecule has 1 aromatic carbocycles. The Morgan fingerprint density at radius 1 is 1.07 bits per heavy atom. The second-order valence-electron chi connectivity index (χ2n) is 9.07. The number of carbonyl (C=O) groups excluding carboxylic acids is 1. The molecule has 3 fully saturated rings. The number of hydrogen-bond acceptors (Lipinski definition) is 4. The van der Waals surface area contributed by atoms with Crippen LogP contribution in [0.15, 0.2) is 24.3 Å². The van der Waals surface area contributed by atoms with Gasteiger partial charge in [-0.25, -0.2) is 0 Å². The van der Waals surface area contributed by atoms with E-state index in [2.05, 4.69) is 26.5 Å². The maximum absolute atomic E-state index is 13.0. The van der Waals surface area contributed by atoms with Crippen LogP contribution in [0.1, 0.15) is 31.2 Å². The molecule has 2 heterocycles. The van der Waals surface area contributed by atoms with Crippen molar-refractivity contribution in [2.45, 2.75) is 38.6 Å². The molecule has 2 aliphatic heterocycles. The molecule has 1 saturated carbocycles. The number of nitrogens with zero attached hydrogens (tertiary/aromatic N) is 3. The Labute approximate surface area is 175 Å². The third kappa shape index (κ3) is 5.09. The van der Waals surface area contributed by atoms with E-state index in [0.29, 0.717) is 12.5 Å². The van der Waals surface area contributed by atoms with Gasteiger partial charge < -0.3 is 14.5 Å². The van der Waals surface area contributed by atoms with Crippen LogP contribution in [0.25, 0.3) is 0 Å². The molecule has 0 bridgehead atoms. The summed E-state index contributed by atoms with van der Waals surface area (Å²) in [5.41, 5.74) is 1.15. The Morgan fingerprint density at radius 2 is 1.77 bits per heavy atom. The molecule has 0 radical (unpaired) electrons. The first-order valence-electron chi connectivity index (χ1n) is 10.8. The van der Waals surface area contributed by atoms with Gasteiger partial charge in [0.05, 0.1) is 0 Å². The lowest BCUT2D eigenvalue weighted by atomic mass is 9.90. The third-order valence-electron chi connectivity index (χ3n) is 6.93. The molecule has 30 heavy (non-hydrogen) atoms. The fraction of sp³-hybridized carbons (Fsp3) is 0.682. The van der Waals surface area contributed by atoms with Crippen molar-refractivity contribution in [3.8, 4) is 5.75 Å². The number of likely N-dealkylation sites (tertiary alicyclic amines) is 1. The number of halogens is 3. The van der Waals surface area contributed by atoms with Crippen LogP contribution in [-0.2, 0) is 11.3 Å². The summed E-state index contributed by atoms with van der Waals surface area (Å²) < 4.78 is 40.8. The van der Waals surface area contributed by atoms with Crippen LogP contribution in [0.4, 0.5) is 13.2 Å². The van der Waals surface area contributed by atoms with Crippen LogP contribution < -0.4 is 4.74 Å². The lowest BCUT2D eigenvalue weighted by molar-refractivity contribution is -0.274. The highest BCUT2D eigenvalue weighted by atomic mass is 19.4. The fourth-order valence-electron chi connectivity index (χ4n) is 4.95. The van der Waals surface area contributed by atoms with E-state index in [4.69, 9.17) is 0 Å². The zero-order chi connectivity index (χ0) is 21.4. The Hall–Kier alpha value is -1.80. The van der Waals surface area contributed by atoms with Gasteiger partial charge in [-0.1, -0.05) is 12.1 Å². The molecule has 3 aliphatic rings. The topological polar surface area (TPSA) is 36.0 Å². The molecular formula is C22H30F3N3O2. The highest BCUT2D eigenvalue weighted by molar-refractivity contribution is 5.82. The Bertz CT molecular complexity index is 745. The Kier molecular flexibility index (Phi) is 5.99. The normalized spacial score (nSPS) is 25.2. The number of alkyl halides is 3. The van der Waals surface area contributed by atoms with E-state index in [0.717, 1.165) is 70.5 Å². The van der Waals surface area contributed by atoms with Gasteiger partial charge in [-0.3, -0.25) is 9.69 Å². The molecule has 1 atom stereocenters. The maximum atomic E-state index is 13.0. The molecule has 1 amide bonds. The van der Waals surface area contributed by atoms with Gasteiger partial charge in [0.15, 0.2) is 0 Å². The molecule has 1 unspecified atom stereocenters. The van der Waals surface area contributed by atoms with Crippen LogP contribution in [0, 0.1) is 11.3 Å². The van der Waals surface area contributed by atoms with Gasteiger partial charge in [0.1, 0.15) is 5.75 Å². The number of likely N-dealkylation sites (N-methyl/N-ethyl adjacent to an activating group) is 1. The minimum atomic E-state index is -4.66. The second kappa shape index (κ2) is 8.38. The van der Waals surface area contributed by atoms with Crippen molar-refractivity contribution >= 4 is 5.91 Å². The second-order valence-corrected chi connectivity index (χ2v) is 9.07. The van der Waals surface area contributed by atoms with Crippen LogP contribution in [-0.4, -0.2) is 73.3 Å². The van der Waals surface area contributed by atoms with Crippen LogP contribution in [0.5, 0.6) is 5.75 Å². The monoisotopic (exact) mass is 425 g/mol. The van der Waals surface area contributed by atoms with Gasteiger partial charge in [0, 0.05) is 32.1 Å². The summed E-state index contributed by atoms with van der Waals surface area (Å²) in [4.78, 5) is 19.7. The van der Waals surface area contributed by atoms with Gasteiger partial charge >= 0.3 is 6.36 Å². The predicted molar refractivity (Wildman–Crippen MR) is 107 cm³/mol. The summed E-state index contributed by atoms with van der Waals surface area (Å²) >= 11 is 0. The van der Waals surface area contributed by atoms with Crippen LogP contribution in [0.2, 0.25) is 0 Å². The number of amides is 1. The van der Waals surface area contributed by atoms with E-state index in [9.17, 15) is 18.0 Å². The van der Waals surface area contributed by atoms with Crippen molar-refractivity contribution in [1.29, 1.82) is 0 Å². The first kappa shape index (κ1) is 21.4. The first-order valence-corrected chi connectivity index (χ1v) is 10.8. The maximum Gasteiger partial charge on any atom is 0.573 e. The number of rotatable bonds is 4. The lowest BCUT2D eigenvalue weighted by Gasteiger charge is -2.33. The van der Waals surface area contributed by atoms with Gasteiger partial charge in [-0.05, 0) is 75.5 Å². The minimum Gasteiger partial charge on any atom is -0.406 e. The van der Waals surface area contributed by atoms with Gasteiger partial charge in [-0.2, -0.15) is 0 Å². The van der Waals surface area contributed by atoms with E-state index < -0.39 is 6.36 Å². The first-order chi connectivity index (χ1) is 14.2. The average molecular weight is 425 g/mol. The highest BCUT2D eigenvalue weighted by Crippen LogP contribution is 2.60. The van der Waals surface area contributed by atoms with Crippen molar-refractivity contribution in [3.63, 3.8) is 0 Å². The van der Waals surface area contributed by atoms with Crippen molar-refractivity contribution in [1.82, 2.24) is 14.7 Å². The third-order valence-corrected chi connectivity index (χ3v) is 6.93. The molecule has 8 heteroatoms. The lowest BCUT2D eigenvalue weighted by Crippen LogP contribution is -2.39. The highest BCUT2D eigenvalue weighted by Gasteiger charge is 2.59. The fourth-order valence-corrected chi connectivity index (χ4v) is 4.95. The van der Waals surface area contributed by atoms with Gasteiger partial charge in [0.2, 0.25) is 5.91 Å². The molecule has 5 nitrogen and oxygen atoms in total. The largest absolute Gasteiger partial charge is 0.573 e. The summed E-state index contributed by atoms with van der Waals surface area (Å²) in [5.74, 6) is 0.337. The number of benzene rings is 1. The summed E-state index contributed by atoms with van der Waals surface area (Å²) in [7, 11) is 2.11. The quantitative estimate of drug-likeness (QED) is 0.741. The van der Waals surface area contributed by atoms with Crippen molar-refractivity contribution in [2.75, 3.05) is 46.3 Å². The molecule has 1 spiro atoms. The summed E-state index contributed by atoms with van der Waals surface area (Å²) in [6.07, 6.45) is -0.568. The zero-order valence-corrected chi connectivity index (χ0v) is 17.5. The van der Waals surface area contributed by atoms with E-state index in [1.54, 1.807) is 12.1 Å². The van der Waals surface area contributed by atoms with Crippen LogP contribution >= 0.6 is 0 Å². The number of ether oxygens (including phenoxy) is 1. The molecular weight excluding hydrogens is 395 g/mol. The molecule has 0 N–H and O–H groups in total. The summed E-state index contributed by atoms with van der Waals surface area (Å²) in [6.45, 7) is 6.27. The number of piperidine rings is 1. The Balaban J connectivity index is 1.25. The SMILES string of the molecule is CN1CCCN(C(=O)C2CC23CCN(Cc2ccc(OC(F)(F)F)cc2)CC3)CC1. The van der Waals surface area contributed by atoms with Gasteiger partial charge in [-0.15, -0.1) is 13.2 Å². The van der Waals surface area contributed by atoms with E-state index >= 15 is 0 Å². The molecule has 1 aliphatic carbocycles. The molecule has 4 rings (SSSR count). The Morgan fingerprint density at radius 3 is 2.43 bits per heavy atom. The molecule has 1 aromatic rings. The van der Waals surface area contributed by atoms with E-state index in [1.807, 2.05) is 0 Å². The average Bonchev–Trinajstić information content (AvgIpc) is 3.43. The molecule has 2 saturated heterocycles.